The number of aromatic amines is 1. The Bertz CT molecular complexity index is 1430. The number of unbranched alkanes of at least 4 members (excludes halogenated alkanes) is 2. The molecule has 3 aromatic carbocycles. The first-order chi connectivity index (χ1) is 18.5. The average molecular weight is 508 g/mol. The lowest BCUT2D eigenvalue weighted by molar-refractivity contribution is -0.123. The van der Waals surface area contributed by atoms with Crippen molar-refractivity contribution >= 4 is 28.0 Å². The molecule has 0 aliphatic carbocycles. The molecule has 196 valence electrons. The van der Waals surface area contributed by atoms with E-state index in [1.807, 2.05) is 12.3 Å². The van der Waals surface area contributed by atoms with E-state index < -0.39 is 0 Å². The van der Waals surface area contributed by atoms with Gasteiger partial charge in [-0.15, -0.1) is 0 Å². The Morgan fingerprint density at radius 2 is 1.76 bits per heavy atom. The second-order valence-corrected chi connectivity index (χ2v) is 9.70. The summed E-state index contributed by atoms with van der Waals surface area (Å²) in [6.07, 6.45) is 9.15. The van der Waals surface area contributed by atoms with Crippen LogP contribution in [-0.2, 0) is 4.79 Å². The summed E-state index contributed by atoms with van der Waals surface area (Å²) in [4.78, 5) is 13.2. The van der Waals surface area contributed by atoms with Crippen molar-refractivity contribution in [2.45, 2.75) is 39.5 Å². The highest BCUT2D eigenvalue weighted by Gasteiger charge is 2.15. The van der Waals surface area contributed by atoms with Crippen LogP contribution in [0.5, 0.6) is 5.75 Å². The Labute approximate surface area is 225 Å². The van der Waals surface area contributed by atoms with Crippen LogP contribution in [0.2, 0.25) is 0 Å². The van der Waals surface area contributed by atoms with Crippen LogP contribution >= 0.6 is 0 Å². The van der Waals surface area contributed by atoms with E-state index in [9.17, 15) is 4.79 Å². The number of aromatic nitrogens is 2. The summed E-state index contributed by atoms with van der Waals surface area (Å²) < 4.78 is 6.02. The van der Waals surface area contributed by atoms with E-state index in [0.29, 0.717) is 6.61 Å². The topological polar surface area (TPSA) is 58.2 Å². The van der Waals surface area contributed by atoms with Crippen LogP contribution in [0.4, 0.5) is 0 Å². The molecular formula is C33H37N3O2. The molecule has 0 unspecified atom stereocenters. The molecule has 4 rings (SSSR count). The van der Waals surface area contributed by atoms with Gasteiger partial charge in [0.05, 0.1) is 18.3 Å². The van der Waals surface area contributed by atoms with E-state index in [2.05, 4.69) is 90.8 Å². The minimum Gasteiger partial charge on any atom is -0.494 e. The Kier molecular flexibility index (Phi) is 9.15. The van der Waals surface area contributed by atoms with Gasteiger partial charge in [-0.2, -0.15) is 5.10 Å². The van der Waals surface area contributed by atoms with Crippen molar-refractivity contribution in [3.05, 3.63) is 107 Å². The first-order valence-corrected chi connectivity index (χ1v) is 13.3. The average Bonchev–Trinajstić information content (AvgIpc) is 3.40. The van der Waals surface area contributed by atoms with Gasteiger partial charge < -0.3 is 9.64 Å². The Morgan fingerprint density at radius 3 is 2.50 bits per heavy atom. The molecule has 5 heteroatoms. The molecule has 1 amide bonds. The number of nitrogens with one attached hydrogen (secondary N) is 1. The molecule has 38 heavy (non-hydrogen) atoms. The van der Waals surface area contributed by atoms with Crippen LogP contribution < -0.4 is 4.74 Å². The molecule has 0 aliphatic heterocycles. The molecule has 0 aliphatic rings. The molecule has 1 aromatic heterocycles. The number of rotatable bonds is 11. The molecule has 5 nitrogen and oxygen atoms in total. The van der Waals surface area contributed by atoms with Gasteiger partial charge in [0.2, 0.25) is 5.91 Å². The standard InChI is InChI=1S/C33H37N3O2/c1-5-29(30-13-10-9-12-24(30)2)33(26-17-20-31-27(22-26)23-34-35-31)25-15-18-28(19-16-25)38-21-11-7-6-8-14-32(37)36(3)4/h8-10,12-20,22-23H,5-7,11,21H2,1-4H3,(H,34,35)/b14-8+,33-29+. The summed E-state index contributed by atoms with van der Waals surface area (Å²) in [5, 5.41) is 8.37. The number of amides is 1. The lowest BCUT2D eigenvalue weighted by atomic mass is 9.86. The summed E-state index contributed by atoms with van der Waals surface area (Å²) in [6, 6.07) is 23.5. The van der Waals surface area contributed by atoms with Crippen molar-refractivity contribution in [1.82, 2.24) is 15.1 Å². The minimum absolute atomic E-state index is 0.0214. The third-order valence-corrected chi connectivity index (χ3v) is 6.73. The van der Waals surface area contributed by atoms with E-state index in [1.54, 1.807) is 25.1 Å². The number of aryl methyl sites for hydroxylation is 1. The largest absolute Gasteiger partial charge is 0.494 e. The summed E-state index contributed by atoms with van der Waals surface area (Å²) in [5.41, 5.74) is 8.47. The number of hydrogen-bond acceptors (Lipinski definition) is 3. The van der Waals surface area contributed by atoms with E-state index in [4.69, 9.17) is 4.74 Å². The fourth-order valence-corrected chi connectivity index (χ4v) is 4.63. The maximum atomic E-state index is 11.6. The van der Waals surface area contributed by atoms with Crippen molar-refractivity contribution in [2.75, 3.05) is 20.7 Å². The SMILES string of the molecule is CC/C(=C(/c1ccc(OCCCC/C=C/C(=O)N(C)C)cc1)c1ccc2[nH]ncc2c1)c1ccccc1C. The number of carbonyl (C=O) groups is 1. The van der Waals surface area contributed by atoms with Crippen LogP contribution in [-0.4, -0.2) is 41.7 Å². The van der Waals surface area contributed by atoms with Crippen molar-refractivity contribution in [2.24, 2.45) is 0 Å². The second kappa shape index (κ2) is 12.9. The molecular weight excluding hydrogens is 470 g/mol. The Balaban J connectivity index is 1.53. The van der Waals surface area contributed by atoms with Gasteiger partial charge in [0, 0.05) is 19.5 Å². The minimum atomic E-state index is 0.0214. The first-order valence-electron chi connectivity index (χ1n) is 13.3. The molecule has 0 spiro atoms. The number of fused-ring (bicyclic) bond motifs is 1. The smallest absolute Gasteiger partial charge is 0.245 e. The van der Waals surface area contributed by atoms with Gasteiger partial charge >= 0.3 is 0 Å². The number of allylic oxidation sites excluding steroid dienone is 2. The van der Waals surface area contributed by atoms with Gasteiger partial charge in [0.25, 0.3) is 0 Å². The number of benzene rings is 3. The third kappa shape index (κ3) is 6.60. The van der Waals surface area contributed by atoms with E-state index in [0.717, 1.165) is 47.9 Å². The number of nitrogens with zero attached hydrogens (tertiary/aromatic N) is 2. The molecule has 1 N–H and O–H groups in total. The van der Waals surface area contributed by atoms with Gasteiger partial charge in [0.15, 0.2) is 0 Å². The molecule has 0 fully saturated rings. The molecule has 0 atom stereocenters. The summed E-state index contributed by atoms with van der Waals surface area (Å²) in [7, 11) is 3.52. The number of hydrogen-bond donors (Lipinski definition) is 1. The normalized spacial score (nSPS) is 12.1. The number of carbonyl (C=O) groups excluding carboxylic acids is 1. The van der Waals surface area contributed by atoms with Gasteiger partial charge in [-0.05, 0) is 96.3 Å². The van der Waals surface area contributed by atoms with Gasteiger partial charge in [-0.25, -0.2) is 0 Å². The van der Waals surface area contributed by atoms with Crippen molar-refractivity contribution < 1.29 is 9.53 Å². The summed E-state index contributed by atoms with van der Waals surface area (Å²) in [5.74, 6) is 0.888. The van der Waals surface area contributed by atoms with Crippen LogP contribution in [0.1, 0.15) is 54.9 Å². The third-order valence-electron chi connectivity index (χ3n) is 6.73. The van der Waals surface area contributed by atoms with Gasteiger partial charge in [0.1, 0.15) is 5.75 Å². The van der Waals surface area contributed by atoms with Crippen LogP contribution in [0, 0.1) is 6.92 Å². The fourth-order valence-electron chi connectivity index (χ4n) is 4.63. The zero-order chi connectivity index (χ0) is 26.9. The quantitative estimate of drug-likeness (QED) is 0.130. The highest BCUT2D eigenvalue weighted by atomic mass is 16.5. The van der Waals surface area contributed by atoms with Crippen LogP contribution in [0.25, 0.3) is 22.0 Å². The maximum Gasteiger partial charge on any atom is 0.245 e. The Hall–Kier alpha value is -4.12. The molecule has 1 heterocycles. The van der Waals surface area contributed by atoms with Crippen molar-refractivity contribution in [1.29, 1.82) is 0 Å². The monoisotopic (exact) mass is 507 g/mol. The lowest BCUT2D eigenvalue weighted by Gasteiger charge is -2.18. The Morgan fingerprint density at radius 1 is 1.00 bits per heavy atom. The molecule has 0 saturated carbocycles. The zero-order valence-corrected chi connectivity index (χ0v) is 22.8. The first kappa shape index (κ1) is 26.9. The number of likely N-dealkylation sites (N-methyl/N-ethyl adjacent to an activating group) is 1. The number of H-pyrrole nitrogens is 1. The second-order valence-electron chi connectivity index (χ2n) is 9.70. The fraction of sp³-hybridized carbons (Fsp3) is 0.273. The highest BCUT2D eigenvalue weighted by Crippen LogP contribution is 2.37. The summed E-state index contributed by atoms with van der Waals surface area (Å²) in [6.45, 7) is 5.05. The lowest BCUT2D eigenvalue weighted by Crippen LogP contribution is -2.18. The van der Waals surface area contributed by atoms with Crippen LogP contribution in [0.15, 0.2) is 85.1 Å². The molecule has 4 aromatic rings. The molecule has 0 radical (unpaired) electrons. The maximum absolute atomic E-state index is 11.6. The van der Waals surface area contributed by atoms with E-state index >= 15 is 0 Å². The summed E-state index contributed by atoms with van der Waals surface area (Å²) >= 11 is 0. The number of ether oxygens (including phenoxy) is 1. The zero-order valence-electron chi connectivity index (χ0n) is 22.8. The van der Waals surface area contributed by atoms with Crippen molar-refractivity contribution in [3.8, 4) is 5.75 Å². The molecule has 0 saturated heterocycles. The molecule has 0 bridgehead atoms. The van der Waals surface area contributed by atoms with Gasteiger partial charge in [-0.3, -0.25) is 9.89 Å². The van der Waals surface area contributed by atoms with Crippen LogP contribution in [0.3, 0.4) is 0 Å². The van der Waals surface area contributed by atoms with E-state index in [1.165, 1.54) is 27.8 Å². The van der Waals surface area contributed by atoms with Crippen molar-refractivity contribution in [3.63, 3.8) is 0 Å². The predicted octanol–water partition coefficient (Wildman–Crippen LogP) is 7.43. The van der Waals surface area contributed by atoms with E-state index in [-0.39, 0.29) is 5.91 Å². The van der Waals surface area contributed by atoms with Gasteiger partial charge in [-0.1, -0.05) is 55.5 Å². The highest BCUT2D eigenvalue weighted by molar-refractivity contribution is 6.00. The predicted molar refractivity (Wildman–Crippen MR) is 157 cm³/mol.